The van der Waals surface area contributed by atoms with Gasteiger partial charge in [-0.3, -0.25) is 4.79 Å². The Morgan fingerprint density at radius 3 is 2.61 bits per heavy atom. The van der Waals surface area contributed by atoms with Gasteiger partial charge in [-0.25, -0.2) is 0 Å². The normalized spacial score (nSPS) is 30.7. The molecule has 0 aromatic heterocycles. The van der Waals surface area contributed by atoms with Gasteiger partial charge in [-0.1, -0.05) is 13.3 Å². The van der Waals surface area contributed by atoms with E-state index in [-0.39, 0.29) is 5.92 Å². The molecule has 0 radical (unpaired) electrons. The Kier molecular flexibility index (Phi) is 5.01. The van der Waals surface area contributed by atoms with Gasteiger partial charge in [-0.05, 0) is 57.8 Å². The molecule has 18 heavy (non-hydrogen) atoms. The van der Waals surface area contributed by atoms with E-state index in [4.69, 9.17) is 5.11 Å². The molecule has 104 valence electrons. The summed E-state index contributed by atoms with van der Waals surface area (Å²) in [6, 6.07) is 0.600. The fraction of sp³-hybridized carbons (Fsp3) is 0.929. The van der Waals surface area contributed by atoms with E-state index in [9.17, 15) is 4.79 Å². The van der Waals surface area contributed by atoms with E-state index in [1.165, 1.54) is 25.9 Å². The fourth-order valence-corrected chi connectivity index (χ4v) is 3.38. The summed E-state index contributed by atoms with van der Waals surface area (Å²) < 4.78 is 0. The first-order valence-corrected chi connectivity index (χ1v) is 7.39. The maximum Gasteiger partial charge on any atom is 0.306 e. The number of hydrogen-bond donors (Lipinski definition) is 2. The third-order valence-electron chi connectivity index (χ3n) is 4.68. The number of piperidine rings is 1. The van der Waals surface area contributed by atoms with E-state index < -0.39 is 5.97 Å². The van der Waals surface area contributed by atoms with Gasteiger partial charge in [0.1, 0.15) is 0 Å². The Hall–Kier alpha value is -0.610. The van der Waals surface area contributed by atoms with Crippen LogP contribution in [0.3, 0.4) is 0 Å². The van der Waals surface area contributed by atoms with E-state index in [1.54, 1.807) is 0 Å². The van der Waals surface area contributed by atoms with Gasteiger partial charge in [-0.2, -0.15) is 0 Å². The van der Waals surface area contributed by atoms with Crippen molar-refractivity contribution in [1.29, 1.82) is 0 Å². The standard InChI is InChI=1S/C14H26N2O2/c1-2-16-8-6-12(7-9-16)15-10-11-4-3-5-13(11)14(17)18/h11-13,15H,2-10H2,1H3,(H,17,18). The lowest BCUT2D eigenvalue weighted by atomic mass is 9.95. The molecule has 0 spiro atoms. The summed E-state index contributed by atoms with van der Waals surface area (Å²) in [4.78, 5) is 13.6. The van der Waals surface area contributed by atoms with Gasteiger partial charge in [0.25, 0.3) is 0 Å². The first kappa shape index (κ1) is 13.8. The largest absolute Gasteiger partial charge is 0.481 e. The van der Waals surface area contributed by atoms with E-state index in [2.05, 4.69) is 17.1 Å². The highest BCUT2D eigenvalue weighted by Gasteiger charge is 2.33. The second-order valence-corrected chi connectivity index (χ2v) is 5.75. The first-order valence-electron chi connectivity index (χ1n) is 7.39. The van der Waals surface area contributed by atoms with E-state index in [0.717, 1.165) is 32.4 Å². The Bertz CT molecular complexity index is 275. The average molecular weight is 254 g/mol. The quantitative estimate of drug-likeness (QED) is 0.782. The van der Waals surface area contributed by atoms with Crippen LogP contribution in [0, 0.1) is 11.8 Å². The summed E-state index contributed by atoms with van der Waals surface area (Å²) in [6.45, 7) is 6.62. The van der Waals surface area contributed by atoms with Gasteiger partial charge in [0, 0.05) is 6.04 Å². The first-order chi connectivity index (χ1) is 8.70. The Labute approximate surface area is 110 Å². The molecule has 0 bridgehead atoms. The molecule has 2 aliphatic rings. The van der Waals surface area contributed by atoms with Gasteiger partial charge < -0.3 is 15.3 Å². The van der Waals surface area contributed by atoms with Crippen LogP contribution < -0.4 is 5.32 Å². The molecule has 0 aromatic carbocycles. The SMILES string of the molecule is CCN1CCC(NCC2CCCC2C(=O)O)CC1. The van der Waals surface area contributed by atoms with E-state index >= 15 is 0 Å². The van der Waals surface area contributed by atoms with Crippen LogP contribution in [-0.4, -0.2) is 48.2 Å². The van der Waals surface area contributed by atoms with Gasteiger partial charge in [0.2, 0.25) is 0 Å². The molecule has 1 saturated carbocycles. The third kappa shape index (κ3) is 3.45. The van der Waals surface area contributed by atoms with Crippen molar-refractivity contribution < 1.29 is 9.90 Å². The number of aliphatic carboxylic acids is 1. The van der Waals surface area contributed by atoms with Crippen molar-refractivity contribution in [3.8, 4) is 0 Å². The molecule has 1 saturated heterocycles. The minimum Gasteiger partial charge on any atom is -0.481 e. The molecule has 2 N–H and O–H groups in total. The lowest BCUT2D eigenvalue weighted by Gasteiger charge is -2.32. The highest BCUT2D eigenvalue weighted by Crippen LogP contribution is 2.31. The Morgan fingerprint density at radius 1 is 1.28 bits per heavy atom. The van der Waals surface area contributed by atoms with Crippen molar-refractivity contribution in [3.63, 3.8) is 0 Å². The summed E-state index contributed by atoms with van der Waals surface area (Å²) in [5.41, 5.74) is 0. The molecule has 2 fully saturated rings. The average Bonchev–Trinajstić information content (AvgIpc) is 2.85. The number of hydrogen-bond acceptors (Lipinski definition) is 3. The summed E-state index contributed by atoms with van der Waals surface area (Å²) in [5.74, 6) is -0.347. The monoisotopic (exact) mass is 254 g/mol. The molecule has 2 unspecified atom stereocenters. The van der Waals surface area contributed by atoms with Crippen molar-refractivity contribution in [3.05, 3.63) is 0 Å². The second kappa shape index (κ2) is 6.53. The highest BCUT2D eigenvalue weighted by atomic mass is 16.4. The zero-order valence-corrected chi connectivity index (χ0v) is 11.4. The predicted molar refractivity (Wildman–Crippen MR) is 71.6 cm³/mol. The maximum atomic E-state index is 11.1. The summed E-state index contributed by atoms with van der Waals surface area (Å²) in [6.07, 6.45) is 5.45. The summed E-state index contributed by atoms with van der Waals surface area (Å²) in [5, 5.41) is 12.8. The smallest absolute Gasteiger partial charge is 0.306 e. The fourth-order valence-electron chi connectivity index (χ4n) is 3.38. The van der Waals surface area contributed by atoms with Crippen LogP contribution in [-0.2, 0) is 4.79 Å². The van der Waals surface area contributed by atoms with Crippen molar-refractivity contribution in [2.24, 2.45) is 11.8 Å². The molecule has 1 heterocycles. The van der Waals surface area contributed by atoms with Gasteiger partial charge in [0.15, 0.2) is 0 Å². The summed E-state index contributed by atoms with van der Waals surface area (Å²) >= 11 is 0. The Balaban J connectivity index is 1.70. The van der Waals surface area contributed by atoms with E-state index in [1.807, 2.05) is 0 Å². The number of carbonyl (C=O) groups is 1. The van der Waals surface area contributed by atoms with Crippen LogP contribution >= 0.6 is 0 Å². The lowest BCUT2D eigenvalue weighted by Crippen LogP contribution is -2.44. The van der Waals surface area contributed by atoms with Crippen molar-refractivity contribution in [2.75, 3.05) is 26.2 Å². The lowest BCUT2D eigenvalue weighted by molar-refractivity contribution is -0.142. The van der Waals surface area contributed by atoms with Crippen LogP contribution in [0.25, 0.3) is 0 Å². The Morgan fingerprint density at radius 2 is 2.00 bits per heavy atom. The number of nitrogens with one attached hydrogen (secondary N) is 1. The molecule has 2 rings (SSSR count). The zero-order chi connectivity index (χ0) is 13.0. The van der Waals surface area contributed by atoms with Gasteiger partial charge >= 0.3 is 5.97 Å². The van der Waals surface area contributed by atoms with Crippen molar-refractivity contribution in [2.45, 2.75) is 45.1 Å². The molecule has 2 atom stereocenters. The van der Waals surface area contributed by atoms with Gasteiger partial charge in [-0.15, -0.1) is 0 Å². The maximum absolute atomic E-state index is 11.1. The van der Waals surface area contributed by atoms with Crippen LogP contribution in [0.15, 0.2) is 0 Å². The molecular weight excluding hydrogens is 228 g/mol. The molecule has 0 aromatic rings. The number of carboxylic acids is 1. The third-order valence-corrected chi connectivity index (χ3v) is 4.68. The van der Waals surface area contributed by atoms with E-state index in [0.29, 0.717) is 12.0 Å². The summed E-state index contributed by atoms with van der Waals surface area (Å²) in [7, 11) is 0. The number of nitrogens with zero attached hydrogens (tertiary/aromatic N) is 1. The molecular formula is C14H26N2O2. The van der Waals surface area contributed by atoms with Crippen molar-refractivity contribution >= 4 is 5.97 Å². The number of likely N-dealkylation sites (tertiary alicyclic amines) is 1. The number of rotatable bonds is 5. The van der Waals surface area contributed by atoms with Crippen LogP contribution in [0.4, 0.5) is 0 Å². The highest BCUT2D eigenvalue weighted by molar-refractivity contribution is 5.70. The molecule has 4 nitrogen and oxygen atoms in total. The van der Waals surface area contributed by atoms with Crippen molar-refractivity contribution in [1.82, 2.24) is 10.2 Å². The minimum atomic E-state index is -0.597. The minimum absolute atomic E-state index is 0.103. The molecule has 0 amide bonds. The zero-order valence-electron chi connectivity index (χ0n) is 11.4. The van der Waals surface area contributed by atoms with Crippen LogP contribution in [0.5, 0.6) is 0 Å². The second-order valence-electron chi connectivity index (χ2n) is 5.75. The topological polar surface area (TPSA) is 52.6 Å². The molecule has 4 heteroatoms. The van der Waals surface area contributed by atoms with Gasteiger partial charge in [0.05, 0.1) is 5.92 Å². The molecule has 1 aliphatic heterocycles. The number of carboxylic acid groups (broad SMARTS) is 1. The molecule has 1 aliphatic carbocycles. The predicted octanol–water partition coefficient (Wildman–Crippen LogP) is 1.56. The van der Waals surface area contributed by atoms with Crippen LogP contribution in [0.2, 0.25) is 0 Å². The van der Waals surface area contributed by atoms with Crippen LogP contribution in [0.1, 0.15) is 39.0 Å².